The molecule has 0 aliphatic rings. The zero-order chi connectivity index (χ0) is 18.5. The minimum atomic E-state index is -0.391. The maximum absolute atomic E-state index is 12.4. The van der Waals surface area contributed by atoms with Gasteiger partial charge in [-0.25, -0.2) is 4.68 Å². The summed E-state index contributed by atoms with van der Waals surface area (Å²) in [5, 5.41) is 7.90. The van der Waals surface area contributed by atoms with Crippen LogP contribution in [0.3, 0.4) is 0 Å². The quantitative estimate of drug-likeness (QED) is 0.728. The third kappa shape index (κ3) is 4.50. The highest BCUT2D eigenvalue weighted by atomic mass is 35.5. The molecule has 1 N–H and O–H groups in total. The van der Waals surface area contributed by atoms with Gasteiger partial charge in [-0.15, -0.1) is 0 Å². The highest BCUT2D eigenvalue weighted by Crippen LogP contribution is 2.20. The van der Waals surface area contributed by atoms with Gasteiger partial charge in [-0.05, 0) is 29.3 Å². The topological polar surface area (TPSA) is 64.0 Å². The Morgan fingerprint density at radius 2 is 1.81 bits per heavy atom. The molecular weight excluding hydrogens is 373 g/mol. The Morgan fingerprint density at radius 3 is 2.54 bits per heavy atom. The second kappa shape index (κ2) is 8.17. The predicted octanol–water partition coefficient (Wildman–Crippen LogP) is 3.53. The second-order valence-electron chi connectivity index (χ2n) is 5.62. The largest absolute Gasteiger partial charge is 0.347 e. The van der Waals surface area contributed by atoms with Gasteiger partial charge in [-0.3, -0.25) is 9.59 Å². The molecule has 0 aliphatic carbocycles. The fraction of sp³-hybridized carbons (Fsp3) is 0.105. The van der Waals surface area contributed by atoms with Crippen molar-refractivity contribution in [1.29, 1.82) is 0 Å². The van der Waals surface area contributed by atoms with E-state index in [9.17, 15) is 9.59 Å². The number of aromatic nitrogens is 2. The molecule has 3 aromatic rings. The maximum atomic E-state index is 12.4. The Kier molecular flexibility index (Phi) is 5.71. The number of nitrogens with zero attached hydrogens (tertiary/aromatic N) is 2. The molecular formula is C19H15Cl2N3O2. The van der Waals surface area contributed by atoms with Crippen molar-refractivity contribution in [3.05, 3.63) is 97.9 Å². The Balaban J connectivity index is 1.73. The van der Waals surface area contributed by atoms with Gasteiger partial charge in [0.05, 0.1) is 6.54 Å². The van der Waals surface area contributed by atoms with Gasteiger partial charge in [0.25, 0.3) is 11.5 Å². The first kappa shape index (κ1) is 18.2. The summed E-state index contributed by atoms with van der Waals surface area (Å²) < 4.78 is 1.26. The van der Waals surface area contributed by atoms with E-state index in [1.807, 2.05) is 30.3 Å². The van der Waals surface area contributed by atoms with Crippen LogP contribution < -0.4 is 10.9 Å². The number of halogens is 2. The average molecular weight is 388 g/mol. The van der Waals surface area contributed by atoms with Gasteiger partial charge in [0.1, 0.15) is 5.69 Å². The van der Waals surface area contributed by atoms with Crippen LogP contribution in [0.15, 0.2) is 65.5 Å². The van der Waals surface area contributed by atoms with Crippen LogP contribution in [-0.2, 0) is 13.1 Å². The van der Waals surface area contributed by atoms with Crippen LogP contribution in [0.25, 0.3) is 0 Å². The fourth-order valence-corrected chi connectivity index (χ4v) is 2.85. The summed E-state index contributed by atoms with van der Waals surface area (Å²) in [6.45, 7) is 0.526. The van der Waals surface area contributed by atoms with Crippen LogP contribution >= 0.6 is 23.2 Å². The minimum Gasteiger partial charge on any atom is -0.347 e. The van der Waals surface area contributed by atoms with E-state index in [0.717, 1.165) is 11.1 Å². The van der Waals surface area contributed by atoms with Crippen LogP contribution in [0.2, 0.25) is 10.0 Å². The number of carbonyl (C=O) groups excluding carboxylic acids is 1. The van der Waals surface area contributed by atoms with Gasteiger partial charge in [0.2, 0.25) is 0 Å². The van der Waals surface area contributed by atoms with E-state index >= 15 is 0 Å². The molecule has 5 nitrogen and oxygen atoms in total. The molecule has 0 spiro atoms. The van der Waals surface area contributed by atoms with E-state index in [0.29, 0.717) is 16.6 Å². The minimum absolute atomic E-state index is 0.158. The lowest BCUT2D eigenvalue weighted by atomic mass is 10.2. The van der Waals surface area contributed by atoms with Gasteiger partial charge in [-0.1, -0.05) is 59.6 Å². The van der Waals surface area contributed by atoms with Crippen molar-refractivity contribution in [2.75, 3.05) is 0 Å². The van der Waals surface area contributed by atoms with Crippen LogP contribution in [-0.4, -0.2) is 15.7 Å². The number of amides is 1. The summed E-state index contributed by atoms with van der Waals surface area (Å²) in [4.78, 5) is 24.3. The predicted molar refractivity (Wildman–Crippen MR) is 102 cm³/mol. The van der Waals surface area contributed by atoms with Crippen molar-refractivity contribution in [2.24, 2.45) is 0 Å². The lowest BCUT2D eigenvalue weighted by molar-refractivity contribution is 0.0943. The summed E-state index contributed by atoms with van der Waals surface area (Å²) in [6, 6.07) is 17.2. The molecule has 26 heavy (non-hydrogen) atoms. The third-order valence-electron chi connectivity index (χ3n) is 3.73. The Bertz CT molecular complexity index is 988. The first-order chi connectivity index (χ1) is 12.5. The smallest absolute Gasteiger partial charge is 0.271 e. The molecule has 0 bridgehead atoms. The molecule has 0 radical (unpaired) electrons. The van der Waals surface area contributed by atoms with Crippen molar-refractivity contribution < 1.29 is 4.79 Å². The summed E-state index contributed by atoms with van der Waals surface area (Å²) in [6.07, 6.45) is 0. The lowest BCUT2D eigenvalue weighted by Crippen LogP contribution is -2.29. The van der Waals surface area contributed by atoms with E-state index in [-0.39, 0.29) is 17.8 Å². The summed E-state index contributed by atoms with van der Waals surface area (Å²) in [5.41, 5.74) is 1.55. The van der Waals surface area contributed by atoms with Crippen LogP contribution in [0.5, 0.6) is 0 Å². The normalized spacial score (nSPS) is 10.5. The molecule has 1 amide bonds. The first-order valence-corrected chi connectivity index (χ1v) is 8.63. The summed E-state index contributed by atoms with van der Waals surface area (Å²) in [7, 11) is 0. The van der Waals surface area contributed by atoms with Crippen LogP contribution in [0.1, 0.15) is 21.6 Å². The molecule has 0 fully saturated rings. The molecule has 0 unspecified atom stereocenters. The Labute approximate surface area is 160 Å². The number of hydrogen-bond donors (Lipinski definition) is 1. The van der Waals surface area contributed by atoms with Crippen molar-refractivity contribution >= 4 is 29.1 Å². The molecule has 0 saturated carbocycles. The van der Waals surface area contributed by atoms with Crippen molar-refractivity contribution in [1.82, 2.24) is 15.1 Å². The second-order valence-corrected chi connectivity index (χ2v) is 6.46. The van der Waals surface area contributed by atoms with Gasteiger partial charge >= 0.3 is 0 Å². The highest BCUT2D eigenvalue weighted by Gasteiger charge is 2.11. The standard InChI is InChI=1S/C19H15Cl2N3O2/c20-15-7-6-14(16(21)10-15)11-22-19(26)17-8-9-18(25)24(23-17)12-13-4-2-1-3-5-13/h1-10H,11-12H2,(H,22,26). The molecule has 2 aromatic carbocycles. The lowest BCUT2D eigenvalue weighted by Gasteiger charge is -2.09. The molecule has 1 heterocycles. The Morgan fingerprint density at radius 1 is 1.04 bits per heavy atom. The molecule has 0 saturated heterocycles. The van der Waals surface area contributed by atoms with Gasteiger partial charge in [0, 0.05) is 22.7 Å². The number of benzene rings is 2. The van der Waals surface area contributed by atoms with Gasteiger partial charge in [-0.2, -0.15) is 5.10 Å². The van der Waals surface area contributed by atoms with Crippen LogP contribution in [0, 0.1) is 0 Å². The highest BCUT2D eigenvalue weighted by molar-refractivity contribution is 6.35. The number of rotatable bonds is 5. The Hall–Kier alpha value is -2.63. The summed E-state index contributed by atoms with van der Waals surface area (Å²) >= 11 is 12.0. The fourth-order valence-electron chi connectivity index (χ4n) is 2.37. The van der Waals surface area contributed by atoms with E-state index in [4.69, 9.17) is 23.2 Å². The third-order valence-corrected chi connectivity index (χ3v) is 4.32. The van der Waals surface area contributed by atoms with E-state index in [1.165, 1.54) is 16.8 Å². The first-order valence-electron chi connectivity index (χ1n) is 7.87. The number of carbonyl (C=O) groups is 1. The number of nitrogens with one attached hydrogen (secondary N) is 1. The summed E-state index contributed by atoms with van der Waals surface area (Å²) in [5.74, 6) is -0.391. The SMILES string of the molecule is O=C(NCc1ccc(Cl)cc1Cl)c1ccc(=O)n(Cc2ccccc2)n1. The number of hydrogen-bond acceptors (Lipinski definition) is 3. The maximum Gasteiger partial charge on any atom is 0.271 e. The van der Waals surface area contributed by atoms with Crippen LogP contribution in [0.4, 0.5) is 0 Å². The van der Waals surface area contributed by atoms with Crippen molar-refractivity contribution in [3.8, 4) is 0 Å². The zero-order valence-electron chi connectivity index (χ0n) is 13.7. The van der Waals surface area contributed by atoms with E-state index in [2.05, 4.69) is 10.4 Å². The molecule has 3 rings (SSSR count). The molecule has 0 atom stereocenters. The monoisotopic (exact) mass is 387 g/mol. The zero-order valence-corrected chi connectivity index (χ0v) is 15.2. The van der Waals surface area contributed by atoms with E-state index < -0.39 is 5.91 Å². The van der Waals surface area contributed by atoms with E-state index in [1.54, 1.807) is 18.2 Å². The molecule has 7 heteroatoms. The molecule has 1 aromatic heterocycles. The van der Waals surface area contributed by atoms with Gasteiger partial charge in [0.15, 0.2) is 0 Å². The molecule has 0 aliphatic heterocycles. The average Bonchev–Trinajstić information content (AvgIpc) is 2.63. The van der Waals surface area contributed by atoms with Gasteiger partial charge < -0.3 is 5.32 Å². The molecule has 132 valence electrons. The van der Waals surface area contributed by atoms with Crippen molar-refractivity contribution in [3.63, 3.8) is 0 Å². The van der Waals surface area contributed by atoms with Crippen molar-refractivity contribution in [2.45, 2.75) is 13.1 Å².